The van der Waals surface area contributed by atoms with E-state index < -0.39 is 10.9 Å². The lowest BCUT2D eigenvalue weighted by Crippen LogP contribution is -2.36. The van der Waals surface area contributed by atoms with Crippen molar-refractivity contribution in [2.75, 3.05) is 33.8 Å². The largest absolute Gasteiger partial charge is 0.490 e. The van der Waals surface area contributed by atoms with Crippen LogP contribution in [0.25, 0.3) is 0 Å². The van der Waals surface area contributed by atoms with Gasteiger partial charge in [0.05, 0.1) is 18.6 Å². The number of halogens is 1. The number of carboxylic acids is 1. The summed E-state index contributed by atoms with van der Waals surface area (Å²) in [6.07, 6.45) is 2.83. The highest BCUT2D eigenvalue weighted by molar-refractivity contribution is 5.85. The SMILES string of the molecule is COc1ccc(CN2CCCC(N(C)CC(=O)O)CC2)cc1[N+](=O)[O-].Cl. The average molecular weight is 388 g/mol. The molecule has 9 heteroatoms. The fourth-order valence-electron chi connectivity index (χ4n) is 3.31. The predicted octanol–water partition coefficient (Wildman–Crippen LogP) is 2.40. The molecule has 1 fully saturated rings. The Hall–Kier alpha value is -1.90. The molecule has 0 spiro atoms. The van der Waals surface area contributed by atoms with Crippen LogP contribution in [0.4, 0.5) is 5.69 Å². The van der Waals surface area contributed by atoms with Crippen molar-refractivity contribution >= 4 is 24.1 Å². The number of ether oxygens (including phenoxy) is 1. The lowest BCUT2D eigenvalue weighted by atomic mass is 10.1. The Morgan fingerprint density at radius 2 is 2.15 bits per heavy atom. The van der Waals surface area contributed by atoms with Gasteiger partial charge in [-0.1, -0.05) is 6.07 Å². The van der Waals surface area contributed by atoms with Crippen LogP contribution in [0.2, 0.25) is 0 Å². The van der Waals surface area contributed by atoms with Crippen molar-refractivity contribution in [1.29, 1.82) is 0 Å². The summed E-state index contributed by atoms with van der Waals surface area (Å²) < 4.78 is 5.03. The molecule has 26 heavy (non-hydrogen) atoms. The number of aliphatic carboxylic acids is 1. The van der Waals surface area contributed by atoms with Gasteiger partial charge in [0.15, 0.2) is 5.75 Å². The van der Waals surface area contributed by atoms with Crippen LogP contribution < -0.4 is 4.74 Å². The summed E-state index contributed by atoms with van der Waals surface area (Å²) in [5.41, 5.74) is 0.860. The molecule has 1 saturated heterocycles. The third kappa shape index (κ3) is 6.12. The number of nitrogens with zero attached hydrogens (tertiary/aromatic N) is 3. The molecule has 146 valence electrons. The Balaban J connectivity index is 0.00000338. The summed E-state index contributed by atoms with van der Waals surface area (Å²) in [7, 11) is 3.27. The van der Waals surface area contributed by atoms with Crippen LogP contribution >= 0.6 is 12.4 Å². The lowest BCUT2D eigenvalue weighted by Gasteiger charge is -2.25. The molecule has 1 heterocycles. The highest BCUT2D eigenvalue weighted by atomic mass is 35.5. The molecule has 0 aromatic heterocycles. The van der Waals surface area contributed by atoms with E-state index in [1.807, 2.05) is 18.0 Å². The van der Waals surface area contributed by atoms with Gasteiger partial charge >= 0.3 is 11.7 Å². The van der Waals surface area contributed by atoms with Crippen molar-refractivity contribution in [3.8, 4) is 5.75 Å². The fourth-order valence-corrected chi connectivity index (χ4v) is 3.31. The van der Waals surface area contributed by atoms with Crippen LogP contribution in [0.15, 0.2) is 18.2 Å². The molecule has 2 rings (SSSR count). The zero-order chi connectivity index (χ0) is 18.4. The lowest BCUT2D eigenvalue weighted by molar-refractivity contribution is -0.385. The van der Waals surface area contributed by atoms with E-state index in [2.05, 4.69) is 4.90 Å². The Kier molecular flexibility index (Phi) is 8.77. The molecule has 1 aromatic carbocycles. The van der Waals surface area contributed by atoms with Crippen molar-refractivity contribution in [2.45, 2.75) is 31.8 Å². The van der Waals surface area contributed by atoms with Crippen LogP contribution in [-0.2, 0) is 11.3 Å². The van der Waals surface area contributed by atoms with Gasteiger partial charge in [0, 0.05) is 18.7 Å². The molecule has 1 unspecified atom stereocenters. The second-order valence-electron chi connectivity index (χ2n) is 6.43. The maximum atomic E-state index is 11.1. The standard InChI is InChI=1S/C17H25N3O5.ClH/c1-18(12-17(21)22)14-4-3-8-19(9-7-14)11-13-5-6-16(25-2)15(10-13)20(23)24;/h5-6,10,14H,3-4,7-9,11-12H2,1-2H3,(H,21,22);1H. The number of nitro groups is 1. The number of hydrogen-bond donors (Lipinski definition) is 1. The van der Waals surface area contributed by atoms with Crippen LogP contribution in [0.5, 0.6) is 5.75 Å². The number of benzene rings is 1. The first-order chi connectivity index (χ1) is 11.9. The van der Waals surface area contributed by atoms with Crippen LogP contribution in [0.3, 0.4) is 0 Å². The molecule has 1 atom stereocenters. The quantitative estimate of drug-likeness (QED) is 0.566. The maximum Gasteiger partial charge on any atom is 0.317 e. The second-order valence-corrected chi connectivity index (χ2v) is 6.43. The van der Waals surface area contributed by atoms with Crippen molar-refractivity contribution in [3.63, 3.8) is 0 Å². The Labute approximate surface area is 159 Å². The number of likely N-dealkylation sites (tertiary alicyclic amines) is 1. The zero-order valence-electron chi connectivity index (χ0n) is 15.1. The van der Waals surface area contributed by atoms with E-state index in [0.717, 1.165) is 37.9 Å². The van der Waals surface area contributed by atoms with Gasteiger partial charge in [-0.05, 0) is 51.0 Å². The summed E-state index contributed by atoms with van der Waals surface area (Å²) in [5.74, 6) is -0.547. The number of hydrogen-bond acceptors (Lipinski definition) is 6. The molecule has 1 aliphatic rings. The summed E-state index contributed by atoms with van der Waals surface area (Å²) in [4.78, 5) is 25.7. The van der Waals surface area contributed by atoms with E-state index in [1.54, 1.807) is 12.1 Å². The topological polar surface area (TPSA) is 96.2 Å². The van der Waals surface area contributed by atoms with Gasteiger partial charge in [0.2, 0.25) is 0 Å². The van der Waals surface area contributed by atoms with E-state index in [9.17, 15) is 14.9 Å². The number of carbonyl (C=O) groups is 1. The highest BCUT2D eigenvalue weighted by Crippen LogP contribution is 2.28. The van der Waals surface area contributed by atoms with E-state index in [0.29, 0.717) is 6.54 Å². The molecule has 0 saturated carbocycles. The third-order valence-corrected chi connectivity index (χ3v) is 4.64. The Morgan fingerprint density at radius 1 is 1.42 bits per heavy atom. The molecular weight excluding hydrogens is 362 g/mol. The number of nitro benzene ring substituents is 1. The van der Waals surface area contributed by atoms with Crippen molar-refractivity contribution in [3.05, 3.63) is 33.9 Å². The summed E-state index contributed by atoms with van der Waals surface area (Å²) >= 11 is 0. The molecule has 0 bridgehead atoms. The van der Waals surface area contributed by atoms with Crippen LogP contribution in [0.1, 0.15) is 24.8 Å². The van der Waals surface area contributed by atoms with Gasteiger partial charge in [-0.25, -0.2) is 0 Å². The smallest absolute Gasteiger partial charge is 0.317 e. The first kappa shape index (κ1) is 22.1. The maximum absolute atomic E-state index is 11.1. The van der Waals surface area contributed by atoms with Crippen molar-refractivity contribution in [1.82, 2.24) is 9.80 Å². The number of methoxy groups -OCH3 is 1. The number of rotatable bonds is 7. The number of carboxylic acid groups (broad SMARTS) is 1. The van der Waals surface area contributed by atoms with Crippen LogP contribution in [0, 0.1) is 10.1 Å². The average Bonchev–Trinajstić information content (AvgIpc) is 2.79. The Morgan fingerprint density at radius 3 is 2.77 bits per heavy atom. The van der Waals surface area contributed by atoms with Gasteiger partial charge in [0.25, 0.3) is 0 Å². The molecule has 0 radical (unpaired) electrons. The van der Waals surface area contributed by atoms with E-state index in [-0.39, 0.29) is 36.4 Å². The van der Waals surface area contributed by atoms with E-state index in [4.69, 9.17) is 9.84 Å². The summed E-state index contributed by atoms with van der Waals surface area (Å²) in [5, 5.41) is 20.1. The second kappa shape index (κ2) is 10.3. The fraction of sp³-hybridized carbons (Fsp3) is 0.588. The molecular formula is C17H26ClN3O5. The minimum absolute atomic E-state index is 0. The van der Waals surface area contributed by atoms with Gasteiger partial charge < -0.3 is 9.84 Å². The zero-order valence-corrected chi connectivity index (χ0v) is 15.9. The van der Waals surface area contributed by atoms with Gasteiger partial charge in [-0.2, -0.15) is 0 Å². The van der Waals surface area contributed by atoms with Crippen molar-refractivity contribution < 1.29 is 19.6 Å². The first-order valence-corrected chi connectivity index (χ1v) is 8.36. The monoisotopic (exact) mass is 387 g/mol. The van der Waals surface area contributed by atoms with Gasteiger partial charge in [-0.15, -0.1) is 12.4 Å². The molecule has 1 N–H and O–H groups in total. The summed E-state index contributed by atoms with van der Waals surface area (Å²) in [6, 6.07) is 5.31. The molecule has 1 aromatic rings. The summed E-state index contributed by atoms with van der Waals surface area (Å²) in [6.45, 7) is 2.43. The number of likely N-dealkylation sites (N-methyl/N-ethyl adjacent to an activating group) is 1. The van der Waals surface area contributed by atoms with Crippen molar-refractivity contribution in [2.24, 2.45) is 0 Å². The van der Waals surface area contributed by atoms with E-state index >= 15 is 0 Å². The van der Waals surface area contributed by atoms with Gasteiger partial charge in [-0.3, -0.25) is 24.7 Å². The van der Waals surface area contributed by atoms with Gasteiger partial charge in [0.1, 0.15) is 0 Å². The Bertz CT molecular complexity index is 628. The molecule has 8 nitrogen and oxygen atoms in total. The highest BCUT2D eigenvalue weighted by Gasteiger charge is 2.22. The molecule has 0 amide bonds. The van der Waals surface area contributed by atoms with Crippen LogP contribution in [-0.4, -0.2) is 65.6 Å². The first-order valence-electron chi connectivity index (χ1n) is 8.36. The van der Waals surface area contributed by atoms with E-state index in [1.165, 1.54) is 7.11 Å². The molecule has 1 aliphatic heterocycles. The normalized spacial score (nSPS) is 18.0. The predicted molar refractivity (Wildman–Crippen MR) is 100 cm³/mol. The minimum atomic E-state index is -0.811. The third-order valence-electron chi connectivity index (χ3n) is 4.64. The minimum Gasteiger partial charge on any atom is -0.490 e. The molecule has 0 aliphatic carbocycles.